The molecule has 0 aliphatic rings. The van der Waals surface area contributed by atoms with Crippen LogP contribution in [0, 0.1) is 34.6 Å². The van der Waals surface area contributed by atoms with E-state index in [2.05, 4.69) is 97.1 Å². The second-order valence-corrected chi connectivity index (χ2v) is 35.8. The molecule has 10 aromatic heterocycles. The standard InChI is InChI=1S/C20H23F3N6O2.C20H22F3N5O3.C17H18F2N4O3S.C16H15F3N4O2S.C15H12F3N5O2/c1-13-4-7-17-26-19(27-29(17)11-13)25-15-6-5-14(18(30)24-8-9-28(2)3)10-16(15)31-12-20(21,22)23;1-12-4-7-16-25-18(27-28(16)9-12)24-14-6-5-13(17(30)26-19(2,3)10-29)8-15(14)31-11-20(21,22)23;1-10(2)27(24,25)12-5-6-13(14(8-12)26-16(18)19)20-17-21-15-7-4-11(3)9-23(15)22-17;1-10-3-6-14-21-15(22-23(14)8-10)20-12-5-4-11(26(2)24)7-13(12)25-9-16(17,18)19;1-8-2-5-12-21-14(22-23(12)7-8)20-10-4-3-9(13(19)24)6-11(10)25-15(16,17)18/h4-7,10-11H,8-9,12H2,1-3H3,(H,24,30)(H,25,27);4-9,29H,10-11H2,1-3H3,(H,24,27)(H,26,30);4-10,16H,1-3H3,(H,20,22);3-8H,9H2,1-2H3,(H,20,22);2-7H,1H3,(H2,19,24)(H,20,22)/t;;;26-;/m...1./s1. The van der Waals surface area contributed by atoms with E-state index in [9.17, 15) is 93.6 Å². The van der Waals surface area contributed by atoms with Gasteiger partial charge in [0, 0.05) is 88.8 Å². The zero-order valence-corrected chi connectivity index (χ0v) is 77.6. The van der Waals surface area contributed by atoms with Crippen LogP contribution in [0.4, 0.5) is 120 Å². The normalized spacial score (nSPS) is 12.1. The number of benzene rings is 5. The van der Waals surface area contributed by atoms with Gasteiger partial charge in [-0.2, -0.15) is 73.2 Å². The largest absolute Gasteiger partial charge is 0.573 e. The lowest BCUT2D eigenvalue weighted by atomic mass is 10.1. The molecule has 0 spiro atoms. The summed E-state index contributed by atoms with van der Waals surface area (Å²) < 4.78 is 244. The second-order valence-electron chi connectivity index (χ2n) is 31.9. The van der Waals surface area contributed by atoms with Gasteiger partial charge in [0.15, 0.2) is 69.4 Å². The van der Waals surface area contributed by atoms with Crippen LogP contribution in [0.3, 0.4) is 0 Å². The Morgan fingerprint density at radius 3 is 1.10 bits per heavy atom. The fourth-order valence-corrected chi connectivity index (χ4v) is 13.7. The Balaban J connectivity index is 0.000000168. The van der Waals surface area contributed by atoms with Crippen molar-refractivity contribution in [2.24, 2.45) is 5.73 Å². The Morgan fingerprint density at radius 1 is 0.457 bits per heavy atom. The van der Waals surface area contributed by atoms with E-state index < -0.39 is 106 Å². The lowest BCUT2D eigenvalue weighted by Crippen LogP contribution is -2.46. The first-order valence-corrected chi connectivity index (χ1v) is 44.5. The van der Waals surface area contributed by atoms with Gasteiger partial charge in [0.05, 0.1) is 50.7 Å². The molecule has 744 valence electrons. The van der Waals surface area contributed by atoms with Crippen molar-refractivity contribution < 1.29 is 117 Å². The number of rotatable bonds is 30. The predicted molar refractivity (Wildman–Crippen MR) is 488 cm³/mol. The lowest BCUT2D eigenvalue weighted by molar-refractivity contribution is -0.274. The number of primary amides is 1. The van der Waals surface area contributed by atoms with Gasteiger partial charge in [0.25, 0.3) is 11.8 Å². The number of hydrogen-bond acceptors (Lipinski definition) is 28. The Morgan fingerprint density at radius 2 is 0.779 bits per heavy atom. The summed E-state index contributed by atoms with van der Waals surface area (Å²) in [4.78, 5) is 59.3. The molecule has 0 unspecified atom stereocenters. The van der Waals surface area contributed by atoms with Crippen molar-refractivity contribution in [3.05, 3.63) is 227 Å². The summed E-state index contributed by atoms with van der Waals surface area (Å²) in [5, 5.41) is 49.0. The number of nitrogens with one attached hydrogen (secondary N) is 7. The quantitative estimate of drug-likeness (QED) is 0.0189. The molecule has 0 aliphatic carbocycles. The molecule has 10 heterocycles. The number of fused-ring (bicyclic) bond motifs is 5. The maximum absolute atomic E-state index is 12.8. The second kappa shape index (κ2) is 44.4. The van der Waals surface area contributed by atoms with Crippen molar-refractivity contribution in [3.8, 4) is 28.7 Å². The van der Waals surface area contributed by atoms with Crippen LogP contribution in [0.25, 0.3) is 28.2 Å². The summed E-state index contributed by atoms with van der Waals surface area (Å²) in [5.41, 5.74) is 12.6. The molecule has 0 aliphatic heterocycles. The maximum atomic E-state index is 12.8. The van der Waals surface area contributed by atoms with Crippen LogP contribution in [0.1, 0.15) is 86.6 Å². The van der Waals surface area contributed by atoms with Gasteiger partial charge >= 0.3 is 31.5 Å². The van der Waals surface area contributed by atoms with Crippen molar-refractivity contribution in [1.82, 2.24) is 88.5 Å². The number of likely N-dealkylation sites (N-methyl/N-ethyl adjacent to an activating group) is 1. The van der Waals surface area contributed by atoms with E-state index in [4.69, 9.17) is 19.9 Å². The molecule has 3 amide bonds. The highest BCUT2D eigenvalue weighted by molar-refractivity contribution is 7.92. The third-order valence-corrected chi connectivity index (χ3v) is 21.9. The van der Waals surface area contributed by atoms with Crippen LogP contribution in [0.15, 0.2) is 192 Å². The van der Waals surface area contributed by atoms with Crippen LogP contribution in [0.2, 0.25) is 0 Å². The summed E-state index contributed by atoms with van der Waals surface area (Å²) in [6.45, 7) is 8.82. The molecule has 36 nitrogen and oxygen atoms in total. The third-order valence-electron chi connectivity index (χ3n) is 18.9. The summed E-state index contributed by atoms with van der Waals surface area (Å²) >= 11 is 0. The molecule has 140 heavy (non-hydrogen) atoms. The van der Waals surface area contributed by atoms with Crippen molar-refractivity contribution in [2.75, 3.05) is 86.5 Å². The monoisotopic (exact) mass is 2000 g/mol. The minimum Gasteiger partial charge on any atom is -0.482 e. The topological polar surface area (TPSA) is 433 Å². The number of aliphatic hydroxyl groups excluding tert-OH is 1. The molecule has 52 heteroatoms. The molecule has 0 saturated carbocycles. The van der Waals surface area contributed by atoms with Gasteiger partial charge in [0.1, 0.15) is 17.2 Å². The zero-order valence-electron chi connectivity index (χ0n) is 76.0. The van der Waals surface area contributed by atoms with Gasteiger partial charge in [-0.05, 0) is 219 Å². The number of anilines is 10. The number of sulfone groups is 1. The predicted octanol–water partition coefficient (Wildman–Crippen LogP) is 16.0. The van der Waals surface area contributed by atoms with Gasteiger partial charge in [-0.3, -0.25) is 18.6 Å². The Kier molecular flexibility index (Phi) is 33.3. The minimum atomic E-state index is -4.93. The number of carbonyl (C=O) groups excluding carboxylic acids is 3. The minimum absolute atomic E-state index is 0.0602. The van der Waals surface area contributed by atoms with Crippen LogP contribution < -0.4 is 66.6 Å². The summed E-state index contributed by atoms with van der Waals surface area (Å²) in [6, 6.07) is 37.8. The highest BCUT2D eigenvalue weighted by atomic mass is 32.2. The first kappa shape index (κ1) is 105. The highest BCUT2D eigenvalue weighted by Gasteiger charge is 2.35. The van der Waals surface area contributed by atoms with Crippen LogP contribution in [-0.4, -0.2) is 216 Å². The average Bonchev–Trinajstić information content (AvgIpc) is 1.16. The van der Waals surface area contributed by atoms with Gasteiger partial charge in [-0.15, -0.1) is 38.7 Å². The number of alkyl halides is 14. The number of aliphatic hydroxyl groups is 1. The zero-order chi connectivity index (χ0) is 102. The molecular weight excluding hydrogens is 1920 g/mol. The van der Waals surface area contributed by atoms with E-state index in [1.807, 2.05) is 83.9 Å². The summed E-state index contributed by atoms with van der Waals surface area (Å²) in [5.74, 6) is -2.39. The maximum Gasteiger partial charge on any atom is 0.573 e. The lowest BCUT2D eigenvalue weighted by Gasteiger charge is -2.23. The fourth-order valence-electron chi connectivity index (χ4n) is 12.1. The average molecular weight is 2010 g/mol. The van der Waals surface area contributed by atoms with Gasteiger partial charge in [0.2, 0.25) is 35.6 Å². The number of carbonyl (C=O) groups is 3. The number of aromatic nitrogens is 15. The number of nitrogens with two attached hydrogens (primary N) is 1. The fraction of sp³-hybridized carbons (Fsp3) is 0.284. The van der Waals surface area contributed by atoms with E-state index in [1.165, 1.54) is 102 Å². The Hall–Kier alpha value is -15.4. The number of pyridine rings is 5. The van der Waals surface area contributed by atoms with E-state index in [-0.39, 0.29) is 109 Å². The van der Waals surface area contributed by atoms with Gasteiger partial charge in [-0.25, -0.2) is 31.0 Å². The molecule has 0 bridgehead atoms. The van der Waals surface area contributed by atoms with Crippen LogP contribution in [0.5, 0.6) is 28.7 Å². The first-order chi connectivity index (χ1) is 65.6. The van der Waals surface area contributed by atoms with E-state index >= 15 is 0 Å². The molecule has 10 N–H and O–H groups in total. The van der Waals surface area contributed by atoms with E-state index in [0.29, 0.717) is 46.2 Å². The Labute approximate surface area is 789 Å². The number of hydrogen-bond donors (Lipinski definition) is 9. The number of ether oxygens (including phenoxy) is 5. The number of aryl methyl sites for hydroxylation is 5. The molecule has 15 aromatic rings. The molecule has 1 atom stereocenters. The number of nitrogens with zero attached hydrogens (tertiary/aromatic N) is 16. The van der Waals surface area contributed by atoms with Gasteiger partial charge < -0.3 is 76.6 Å². The molecule has 15 rings (SSSR count). The number of halogens is 14. The van der Waals surface area contributed by atoms with Crippen LogP contribution >= 0.6 is 0 Å². The molecule has 0 radical (unpaired) electrons. The molecule has 5 aromatic carbocycles. The van der Waals surface area contributed by atoms with Gasteiger partial charge in [-0.1, -0.05) is 30.3 Å². The SMILES string of the molecule is Cc1ccc2nc(Nc3ccc(C(=O)NC(C)(C)CO)cc3OCC(F)(F)F)nn2c1.Cc1ccc2nc(Nc3ccc(C(=O)NCCN(C)C)cc3OCC(F)(F)F)nn2c1.Cc1ccc2nc(Nc3ccc(C(N)=O)cc3OC(F)(F)F)nn2c1.Cc1ccc2nc(Nc3ccc(S(=O)(=O)C(C)C)cc3OC(F)F)nn2c1.Cc1ccc2nc(Nc3ccc([S@@](C)=O)cc3OCC(F)(F)F)nn2c1. The number of amides is 3. The van der Waals surface area contributed by atoms with Crippen LogP contribution in [-0.2, 0) is 20.6 Å². The highest BCUT2D eigenvalue weighted by Crippen LogP contribution is 2.38. The molecule has 0 saturated heterocycles. The summed E-state index contributed by atoms with van der Waals surface area (Å²) in [7, 11) is -1.27. The van der Waals surface area contributed by atoms with Crippen molar-refractivity contribution >= 4 is 125 Å². The first-order valence-electron chi connectivity index (χ1n) is 41.4. The van der Waals surface area contributed by atoms with Crippen molar-refractivity contribution in [2.45, 2.75) is 114 Å². The molecule has 0 fully saturated rings. The summed E-state index contributed by atoms with van der Waals surface area (Å²) in [6.07, 6.45) is -8.29. The van der Waals surface area contributed by atoms with E-state index in [0.717, 1.165) is 39.9 Å². The smallest absolute Gasteiger partial charge is 0.482 e. The van der Waals surface area contributed by atoms with E-state index in [1.54, 1.807) is 94.8 Å². The molecular formula is C88H90F14N24O12S2. The third kappa shape index (κ3) is 30.6. The Bertz CT molecular complexity index is 7090. The van der Waals surface area contributed by atoms with Crippen molar-refractivity contribution in [1.29, 1.82) is 0 Å². The van der Waals surface area contributed by atoms with Crippen molar-refractivity contribution in [3.63, 3.8) is 0 Å².